The smallest absolute Gasteiger partial charge is 0.272 e. The Balaban J connectivity index is 2.66. The van der Waals surface area contributed by atoms with Crippen molar-refractivity contribution in [1.82, 2.24) is 9.97 Å². The molecular formula is C10H11N3O3S. The molecule has 7 heteroatoms. The first kappa shape index (κ1) is 11.7. The van der Waals surface area contributed by atoms with Crippen LogP contribution in [-0.4, -0.2) is 18.4 Å². The van der Waals surface area contributed by atoms with Crippen LogP contribution in [-0.2, 0) is 10.0 Å². The summed E-state index contributed by atoms with van der Waals surface area (Å²) in [6.07, 6.45) is 1.25. The minimum atomic E-state index is -3.91. The normalized spacial score (nSPS) is 11.7. The van der Waals surface area contributed by atoms with Gasteiger partial charge in [-0.1, -0.05) is 0 Å². The van der Waals surface area contributed by atoms with E-state index < -0.39 is 10.0 Å². The molecule has 0 aliphatic rings. The molecule has 0 aliphatic carbocycles. The molecule has 0 spiro atoms. The standard InChI is InChI=1S/C10H11N3O3S/c1-6-5-7(2)13-9(12-6)8-3-4-16-10(8)17(11,14)15/h3-5H,1-2H3,(H2,11,14,15). The lowest BCUT2D eigenvalue weighted by molar-refractivity contribution is 0.452. The van der Waals surface area contributed by atoms with E-state index >= 15 is 0 Å². The number of hydrogen-bond acceptors (Lipinski definition) is 5. The van der Waals surface area contributed by atoms with Crippen LogP contribution in [0.4, 0.5) is 0 Å². The van der Waals surface area contributed by atoms with Crippen molar-refractivity contribution in [2.24, 2.45) is 5.14 Å². The summed E-state index contributed by atoms with van der Waals surface area (Å²) in [5, 5.41) is 4.72. The monoisotopic (exact) mass is 253 g/mol. The summed E-state index contributed by atoms with van der Waals surface area (Å²) in [6, 6.07) is 3.27. The van der Waals surface area contributed by atoms with Gasteiger partial charge in [0.25, 0.3) is 10.0 Å². The number of aryl methyl sites for hydroxylation is 2. The lowest BCUT2D eigenvalue weighted by atomic mass is 10.3. The minimum Gasteiger partial charge on any atom is -0.451 e. The van der Waals surface area contributed by atoms with Gasteiger partial charge in [-0.05, 0) is 26.0 Å². The van der Waals surface area contributed by atoms with E-state index in [1.165, 1.54) is 12.3 Å². The molecule has 2 rings (SSSR count). The molecule has 90 valence electrons. The van der Waals surface area contributed by atoms with Crippen LogP contribution in [0.25, 0.3) is 11.4 Å². The molecule has 0 amide bonds. The van der Waals surface area contributed by atoms with Crippen LogP contribution < -0.4 is 5.14 Å². The maximum Gasteiger partial charge on any atom is 0.272 e. The van der Waals surface area contributed by atoms with E-state index in [0.29, 0.717) is 5.82 Å². The first-order chi connectivity index (χ1) is 7.88. The van der Waals surface area contributed by atoms with Gasteiger partial charge >= 0.3 is 0 Å². The highest BCUT2D eigenvalue weighted by Crippen LogP contribution is 2.25. The number of nitrogens with two attached hydrogens (primary N) is 1. The SMILES string of the molecule is Cc1cc(C)nc(-c2ccoc2S(N)(=O)=O)n1. The van der Waals surface area contributed by atoms with Crippen molar-refractivity contribution in [3.8, 4) is 11.4 Å². The van der Waals surface area contributed by atoms with Crippen molar-refractivity contribution in [1.29, 1.82) is 0 Å². The average Bonchev–Trinajstić information content (AvgIpc) is 2.63. The highest BCUT2D eigenvalue weighted by atomic mass is 32.2. The molecule has 0 atom stereocenters. The van der Waals surface area contributed by atoms with E-state index in [1.54, 1.807) is 19.9 Å². The zero-order valence-electron chi connectivity index (χ0n) is 9.34. The van der Waals surface area contributed by atoms with Crippen LogP contribution in [0.1, 0.15) is 11.4 Å². The van der Waals surface area contributed by atoms with Crippen LogP contribution in [0.2, 0.25) is 0 Å². The second-order valence-corrected chi connectivity index (χ2v) is 5.10. The molecule has 2 aromatic heterocycles. The van der Waals surface area contributed by atoms with E-state index in [-0.39, 0.29) is 10.7 Å². The maximum atomic E-state index is 11.3. The molecule has 0 saturated carbocycles. The van der Waals surface area contributed by atoms with Crippen molar-refractivity contribution < 1.29 is 12.8 Å². The van der Waals surface area contributed by atoms with E-state index in [1.807, 2.05) is 0 Å². The number of primary sulfonamides is 1. The molecule has 6 nitrogen and oxygen atoms in total. The average molecular weight is 253 g/mol. The van der Waals surface area contributed by atoms with E-state index in [2.05, 4.69) is 9.97 Å². The number of furan rings is 1. The molecule has 0 aromatic carbocycles. The number of aromatic nitrogens is 2. The highest BCUT2D eigenvalue weighted by molar-refractivity contribution is 7.89. The Hall–Kier alpha value is -1.73. The number of nitrogens with zero attached hydrogens (tertiary/aromatic N) is 2. The zero-order chi connectivity index (χ0) is 12.6. The minimum absolute atomic E-state index is 0.277. The Morgan fingerprint density at radius 2 is 1.82 bits per heavy atom. The third kappa shape index (κ3) is 2.34. The largest absolute Gasteiger partial charge is 0.451 e. The zero-order valence-corrected chi connectivity index (χ0v) is 10.2. The molecule has 17 heavy (non-hydrogen) atoms. The molecule has 0 bridgehead atoms. The van der Waals surface area contributed by atoms with Gasteiger partial charge in [-0.15, -0.1) is 0 Å². The molecule has 2 N–H and O–H groups in total. The summed E-state index contributed by atoms with van der Waals surface area (Å²) in [4.78, 5) is 8.32. The molecule has 2 aromatic rings. The van der Waals surface area contributed by atoms with Crippen LogP contribution in [0.15, 0.2) is 27.9 Å². The van der Waals surface area contributed by atoms with Crippen molar-refractivity contribution in [3.05, 3.63) is 29.8 Å². The van der Waals surface area contributed by atoms with Gasteiger partial charge in [0, 0.05) is 11.4 Å². The first-order valence-electron chi connectivity index (χ1n) is 4.81. The lowest BCUT2D eigenvalue weighted by Crippen LogP contribution is -2.12. The molecule has 0 radical (unpaired) electrons. The Morgan fingerprint density at radius 3 is 2.35 bits per heavy atom. The van der Waals surface area contributed by atoms with Gasteiger partial charge in [-0.25, -0.2) is 23.5 Å². The van der Waals surface area contributed by atoms with Crippen molar-refractivity contribution >= 4 is 10.0 Å². The Kier molecular flexibility index (Phi) is 2.72. The molecular weight excluding hydrogens is 242 g/mol. The van der Waals surface area contributed by atoms with Crippen LogP contribution >= 0.6 is 0 Å². The third-order valence-electron chi connectivity index (χ3n) is 2.11. The predicted octanol–water partition coefficient (Wildman–Crippen LogP) is 1.00. The Morgan fingerprint density at radius 1 is 1.24 bits per heavy atom. The second-order valence-electron chi connectivity index (χ2n) is 3.64. The second kappa shape index (κ2) is 3.94. The Bertz CT molecular complexity index is 641. The van der Waals surface area contributed by atoms with E-state index in [0.717, 1.165) is 11.4 Å². The molecule has 0 fully saturated rings. The lowest BCUT2D eigenvalue weighted by Gasteiger charge is -2.02. The van der Waals surface area contributed by atoms with Crippen LogP contribution in [0.3, 0.4) is 0 Å². The molecule has 0 unspecified atom stereocenters. The summed E-state index contributed by atoms with van der Waals surface area (Å²) in [6.45, 7) is 3.60. The number of hydrogen-bond donors (Lipinski definition) is 1. The summed E-state index contributed by atoms with van der Waals surface area (Å²) >= 11 is 0. The third-order valence-corrected chi connectivity index (χ3v) is 2.94. The van der Waals surface area contributed by atoms with Gasteiger partial charge in [-0.2, -0.15) is 0 Å². The van der Waals surface area contributed by atoms with Gasteiger partial charge in [-0.3, -0.25) is 0 Å². The highest BCUT2D eigenvalue weighted by Gasteiger charge is 2.21. The van der Waals surface area contributed by atoms with Crippen molar-refractivity contribution in [2.75, 3.05) is 0 Å². The summed E-state index contributed by atoms with van der Waals surface area (Å²) in [5.74, 6) is 0.292. The predicted molar refractivity (Wildman–Crippen MR) is 60.6 cm³/mol. The van der Waals surface area contributed by atoms with Gasteiger partial charge in [0.15, 0.2) is 5.82 Å². The quantitative estimate of drug-likeness (QED) is 0.860. The topological polar surface area (TPSA) is 99.1 Å². The fraction of sp³-hybridized carbons (Fsp3) is 0.200. The van der Waals surface area contributed by atoms with E-state index in [4.69, 9.17) is 9.56 Å². The van der Waals surface area contributed by atoms with Crippen LogP contribution in [0, 0.1) is 13.8 Å². The summed E-state index contributed by atoms with van der Waals surface area (Å²) in [7, 11) is -3.91. The number of rotatable bonds is 2. The first-order valence-corrected chi connectivity index (χ1v) is 6.35. The molecule has 2 heterocycles. The van der Waals surface area contributed by atoms with Crippen molar-refractivity contribution in [3.63, 3.8) is 0 Å². The van der Waals surface area contributed by atoms with Crippen LogP contribution in [0.5, 0.6) is 0 Å². The van der Waals surface area contributed by atoms with Gasteiger partial charge in [0.1, 0.15) is 0 Å². The van der Waals surface area contributed by atoms with E-state index in [9.17, 15) is 8.42 Å². The van der Waals surface area contributed by atoms with Gasteiger partial charge in [0.2, 0.25) is 5.09 Å². The fourth-order valence-corrected chi connectivity index (χ4v) is 2.18. The van der Waals surface area contributed by atoms with Crippen molar-refractivity contribution in [2.45, 2.75) is 18.9 Å². The summed E-state index contributed by atoms with van der Waals surface area (Å²) < 4.78 is 27.4. The Labute approximate surface area is 98.6 Å². The van der Waals surface area contributed by atoms with Gasteiger partial charge in [0.05, 0.1) is 11.8 Å². The number of sulfonamides is 1. The fourth-order valence-electron chi connectivity index (χ4n) is 1.53. The maximum absolute atomic E-state index is 11.3. The molecule has 0 aliphatic heterocycles. The molecule has 0 saturated heterocycles. The van der Waals surface area contributed by atoms with Gasteiger partial charge < -0.3 is 4.42 Å². The summed E-state index contributed by atoms with van der Waals surface area (Å²) in [5.41, 5.74) is 1.77.